The van der Waals surface area contributed by atoms with Crippen LogP contribution in [-0.4, -0.2) is 23.9 Å². The number of carbonyl (C=O) groups is 1. The van der Waals surface area contributed by atoms with Gasteiger partial charge in [-0.3, -0.25) is 14.9 Å². The predicted molar refractivity (Wildman–Crippen MR) is 69.3 cm³/mol. The standard InChI is InChI=1S/C11H9N3O3S/c15-11-10-9(12-3-4-13-11)7-5-6(14(16)17)1-2-8(7)18-10/h1-2,5,12H,3-4H2,(H,13,15). The number of rotatable bonds is 1. The Labute approximate surface area is 106 Å². The summed E-state index contributed by atoms with van der Waals surface area (Å²) in [6.07, 6.45) is 0. The van der Waals surface area contributed by atoms with Crippen molar-refractivity contribution in [1.29, 1.82) is 0 Å². The molecule has 2 aromatic rings. The van der Waals surface area contributed by atoms with Gasteiger partial charge in [-0.1, -0.05) is 0 Å². The minimum Gasteiger partial charge on any atom is -0.381 e. The summed E-state index contributed by atoms with van der Waals surface area (Å²) in [6.45, 7) is 1.17. The first-order valence-electron chi connectivity index (χ1n) is 5.40. The minimum absolute atomic E-state index is 0.0366. The molecule has 6 nitrogen and oxygen atoms in total. The van der Waals surface area contributed by atoms with E-state index in [9.17, 15) is 14.9 Å². The molecule has 1 aromatic heterocycles. The molecule has 7 heteroatoms. The van der Waals surface area contributed by atoms with E-state index < -0.39 is 4.92 Å². The number of nitrogens with one attached hydrogen (secondary N) is 2. The summed E-state index contributed by atoms with van der Waals surface area (Å²) in [5.74, 6) is -0.126. The van der Waals surface area contributed by atoms with Gasteiger partial charge in [-0.15, -0.1) is 11.3 Å². The van der Waals surface area contributed by atoms with Crippen LogP contribution in [0.3, 0.4) is 0 Å². The van der Waals surface area contributed by atoms with Gasteiger partial charge in [0.15, 0.2) is 0 Å². The zero-order chi connectivity index (χ0) is 12.7. The van der Waals surface area contributed by atoms with Crippen LogP contribution in [0.4, 0.5) is 11.4 Å². The molecule has 1 aliphatic rings. The maximum absolute atomic E-state index is 11.8. The SMILES string of the molecule is O=C1NCCNc2c1sc1ccc([N+](=O)[O-])cc21. The number of benzene rings is 1. The van der Waals surface area contributed by atoms with E-state index in [1.165, 1.54) is 23.5 Å². The Morgan fingerprint density at radius 3 is 2.83 bits per heavy atom. The van der Waals surface area contributed by atoms with E-state index in [1.807, 2.05) is 0 Å². The zero-order valence-corrected chi connectivity index (χ0v) is 10.0. The first kappa shape index (κ1) is 11.0. The van der Waals surface area contributed by atoms with Crippen molar-refractivity contribution in [3.63, 3.8) is 0 Å². The highest BCUT2D eigenvalue weighted by Crippen LogP contribution is 2.38. The summed E-state index contributed by atoms with van der Waals surface area (Å²) < 4.78 is 0.871. The highest BCUT2D eigenvalue weighted by atomic mass is 32.1. The molecule has 0 radical (unpaired) electrons. The molecule has 0 atom stereocenters. The molecule has 0 fully saturated rings. The summed E-state index contributed by atoms with van der Waals surface area (Å²) in [4.78, 5) is 22.8. The average molecular weight is 263 g/mol. The van der Waals surface area contributed by atoms with Crippen LogP contribution in [0.25, 0.3) is 10.1 Å². The predicted octanol–water partition coefficient (Wildman–Crippen LogP) is 1.96. The molecule has 92 valence electrons. The van der Waals surface area contributed by atoms with Gasteiger partial charge in [0, 0.05) is 35.3 Å². The van der Waals surface area contributed by atoms with Gasteiger partial charge in [0.25, 0.3) is 11.6 Å². The fourth-order valence-electron chi connectivity index (χ4n) is 1.98. The first-order chi connectivity index (χ1) is 8.66. The molecule has 1 aromatic carbocycles. The van der Waals surface area contributed by atoms with Gasteiger partial charge >= 0.3 is 0 Å². The number of anilines is 1. The molecule has 1 aliphatic heterocycles. The van der Waals surface area contributed by atoms with E-state index >= 15 is 0 Å². The maximum atomic E-state index is 11.8. The fourth-order valence-corrected chi connectivity index (χ4v) is 3.05. The van der Waals surface area contributed by atoms with Crippen LogP contribution in [0, 0.1) is 10.1 Å². The number of hydrogen-bond acceptors (Lipinski definition) is 5. The van der Waals surface area contributed by atoms with Crippen molar-refractivity contribution in [1.82, 2.24) is 5.32 Å². The summed E-state index contributed by atoms with van der Waals surface area (Å²) in [5, 5.41) is 17.4. The van der Waals surface area contributed by atoms with Crippen molar-refractivity contribution < 1.29 is 9.72 Å². The number of non-ortho nitro benzene ring substituents is 1. The number of fused-ring (bicyclic) bond motifs is 3. The molecule has 2 heterocycles. The number of nitro benzene ring substituents is 1. The lowest BCUT2D eigenvalue weighted by atomic mass is 10.2. The average Bonchev–Trinajstić information content (AvgIpc) is 2.62. The molecule has 18 heavy (non-hydrogen) atoms. The Hall–Kier alpha value is -2.15. The molecule has 0 bridgehead atoms. The molecule has 3 rings (SSSR count). The van der Waals surface area contributed by atoms with Crippen LogP contribution in [0.15, 0.2) is 18.2 Å². The second-order valence-corrected chi connectivity index (χ2v) is 4.98. The van der Waals surface area contributed by atoms with Crippen LogP contribution in [-0.2, 0) is 0 Å². The smallest absolute Gasteiger partial charge is 0.270 e. The first-order valence-corrected chi connectivity index (χ1v) is 6.21. The largest absolute Gasteiger partial charge is 0.381 e. The number of nitrogens with zero attached hydrogens (tertiary/aromatic N) is 1. The van der Waals surface area contributed by atoms with Crippen LogP contribution in [0.2, 0.25) is 0 Å². The Bertz CT molecular complexity index is 665. The lowest BCUT2D eigenvalue weighted by Gasteiger charge is -2.01. The van der Waals surface area contributed by atoms with Crippen LogP contribution in [0.1, 0.15) is 9.67 Å². The van der Waals surface area contributed by atoms with E-state index in [2.05, 4.69) is 10.6 Å². The summed E-state index contributed by atoms with van der Waals surface area (Å²) in [7, 11) is 0. The fraction of sp³-hybridized carbons (Fsp3) is 0.182. The van der Waals surface area contributed by atoms with Crippen LogP contribution >= 0.6 is 11.3 Å². The van der Waals surface area contributed by atoms with E-state index in [0.717, 1.165) is 10.1 Å². The molecule has 1 amide bonds. The molecule has 2 N–H and O–H groups in total. The highest BCUT2D eigenvalue weighted by molar-refractivity contribution is 7.21. The Morgan fingerprint density at radius 1 is 1.28 bits per heavy atom. The third kappa shape index (κ3) is 1.60. The maximum Gasteiger partial charge on any atom is 0.270 e. The number of carbonyl (C=O) groups excluding carboxylic acids is 1. The van der Waals surface area contributed by atoms with Gasteiger partial charge in [-0.2, -0.15) is 0 Å². The topological polar surface area (TPSA) is 84.3 Å². The quantitative estimate of drug-likeness (QED) is 0.608. The lowest BCUT2D eigenvalue weighted by molar-refractivity contribution is -0.384. The van der Waals surface area contributed by atoms with Crippen molar-refractivity contribution in [3.8, 4) is 0 Å². The summed E-state index contributed by atoms with van der Waals surface area (Å²) in [6, 6.07) is 4.65. The van der Waals surface area contributed by atoms with Crippen molar-refractivity contribution in [2.24, 2.45) is 0 Å². The van der Waals surface area contributed by atoms with Crippen molar-refractivity contribution in [2.75, 3.05) is 18.4 Å². The van der Waals surface area contributed by atoms with Gasteiger partial charge in [0.05, 0.1) is 10.6 Å². The van der Waals surface area contributed by atoms with E-state index in [-0.39, 0.29) is 11.6 Å². The van der Waals surface area contributed by atoms with E-state index in [1.54, 1.807) is 6.07 Å². The Morgan fingerprint density at radius 2 is 2.06 bits per heavy atom. The third-order valence-corrected chi connectivity index (χ3v) is 3.97. The number of thiophene rings is 1. The molecular formula is C11H9N3O3S. The summed E-state index contributed by atoms with van der Waals surface area (Å²) in [5.41, 5.74) is 0.739. The van der Waals surface area contributed by atoms with Gasteiger partial charge in [-0.05, 0) is 6.07 Å². The van der Waals surface area contributed by atoms with E-state index in [4.69, 9.17) is 0 Å². The van der Waals surface area contributed by atoms with Crippen molar-refractivity contribution in [3.05, 3.63) is 33.2 Å². The third-order valence-electron chi connectivity index (χ3n) is 2.80. The number of nitro groups is 1. The number of amides is 1. The second kappa shape index (κ2) is 3.95. The Balaban J connectivity index is 2.25. The zero-order valence-electron chi connectivity index (χ0n) is 9.23. The van der Waals surface area contributed by atoms with Gasteiger partial charge in [-0.25, -0.2) is 0 Å². The number of hydrogen-bond donors (Lipinski definition) is 2. The van der Waals surface area contributed by atoms with Crippen LogP contribution in [0.5, 0.6) is 0 Å². The lowest BCUT2D eigenvalue weighted by Crippen LogP contribution is -2.24. The van der Waals surface area contributed by atoms with E-state index in [0.29, 0.717) is 23.7 Å². The molecule has 0 saturated carbocycles. The van der Waals surface area contributed by atoms with Crippen molar-refractivity contribution in [2.45, 2.75) is 0 Å². The van der Waals surface area contributed by atoms with Crippen molar-refractivity contribution >= 4 is 38.7 Å². The highest BCUT2D eigenvalue weighted by Gasteiger charge is 2.21. The molecule has 0 aliphatic carbocycles. The Kier molecular flexibility index (Phi) is 2.41. The van der Waals surface area contributed by atoms with Gasteiger partial charge in [0.2, 0.25) is 0 Å². The molecular weight excluding hydrogens is 254 g/mol. The van der Waals surface area contributed by atoms with Gasteiger partial charge < -0.3 is 10.6 Å². The monoisotopic (exact) mass is 263 g/mol. The molecule has 0 unspecified atom stereocenters. The summed E-state index contributed by atoms with van der Waals surface area (Å²) >= 11 is 1.34. The molecule has 0 spiro atoms. The molecule has 0 saturated heterocycles. The minimum atomic E-state index is -0.430. The normalized spacial score (nSPS) is 14.6. The van der Waals surface area contributed by atoms with Crippen LogP contribution < -0.4 is 10.6 Å². The van der Waals surface area contributed by atoms with Gasteiger partial charge in [0.1, 0.15) is 4.88 Å². The second-order valence-electron chi connectivity index (χ2n) is 3.93.